The molecule has 0 amide bonds. The van der Waals surface area contributed by atoms with Gasteiger partial charge in [0.25, 0.3) is 0 Å². The molecule has 0 aromatic carbocycles. The summed E-state index contributed by atoms with van der Waals surface area (Å²) in [6.45, 7) is 21.2. The molecule has 0 saturated carbocycles. The first-order valence-corrected chi connectivity index (χ1v) is 7.91. The Labute approximate surface area is 121 Å². The molecule has 3 N–H and O–H groups in total. The first-order chi connectivity index (χ1) is 8.71. The molecule has 0 atom stereocenters. The lowest BCUT2D eigenvalue weighted by atomic mass is 9.73. The van der Waals surface area contributed by atoms with Crippen LogP contribution < -0.4 is 11.1 Å². The minimum Gasteiger partial charge on any atom is -0.329 e. The van der Waals surface area contributed by atoms with E-state index in [9.17, 15) is 0 Å². The Morgan fingerprint density at radius 2 is 1.32 bits per heavy atom. The van der Waals surface area contributed by atoms with Crippen LogP contribution in [0, 0.1) is 11.8 Å². The van der Waals surface area contributed by atoms with Crippen LogP contribution in [0.3, 0.4) is 0 Å². The number of rotatable bonds is 9. The van der Waals surface area contributed by atoms with Crippen molar-refractivity contribution in [2.24, 2.45) is 17.6 Å². The van der Waals surface area contributed by atoms with E-state index in [0.717, 1.165) is 13.1 Å². The van der Waals surface area contributed by atoms with Gasteiger partial charge in [0, 0.05) is 37.3 Å². The van der Waals surface area contributed by atoms with Gasteiger partial charge in [0.1, 0.15) is 0 Å². The van der Waals surface area contributed by atoms with Gasteiger partial charge in [0.15, 0.2) is 0 Å². The molecule has 0 radical (unpaired) electrons. The van der Waals surface area contributed by atoms with Gasteiger partial charge in [0.2, 0.25) is 0 Å². The third kappa shape index (κ3) is 4.44. The highest BCUT2D eigenvalue weighted by Crippen LogP contribution is 2.35. The predicted molar refractivity (Wildman–Crippen MR) is 86.4 cm³/mol. The summed E-state index contributed by atoms with van der Waals surface area (Å²) >= 11 is 0. The van der Waals surface area contributed by atoms with Crippen molar-refractivity contribution in [1.29, 1.82) is 0 Å². The Bertz CT molecular complexity index is 218. The summed E-state index contributed by atoms with van der Waals surface area (Å²) in [4.78, 5) is 2.69. The first-order valence-electron chi connectivity index (χ1n) is 7.91. The summed E-state index contributed by atoms with van der Waals surface area (Å²) in [7, 11) is 0. The van der Waals surface area contributed by atoms with Crippen molar-refractivity contribution in [3.63, 3.8) is 0 Å². The van der Waals surface area contributed by atoms with Crippen LogP contribution in [0.5, 0.6) is 0 Å². The summed E-state index contributed by atoms with van der Waals surface area (Å²) in [5.41, 5.74) is 5.81. The highest BCUT2D eigenvalue weighted by atomic mass is 15.3. The van der Waals surface area contributed by atoms with Gasteiger partial charge in [-0.05, 0) is 39.5 Å². The van der Waals surface area contributed by atoms with Crippen molar-refractivity contribution in [3.05, 3.63) is 0 Å². The third-order valence-corrected chi connectivity index (χ3v) is 4.32. The van der Waals surface area contributed by atoms with Crippen LogP contribution in [0.1, 0.15) is 55.4 Å². The van der Waals surface area contributed by atoms with Crippen molar-refractivity contribution < 1.29 is 0 Å². The summed E-state index contributed by atoms with van der Waals surface area (Å²) in [5.74, 6) is 1.20. The van der Waals surface area contributed by atoms with Crippen LogP contribution in [0.15, 0.2) is 0 Å². The number of hydrogen-bond donors (Lipinski definition) is 2. The molecule has 0 aromatic rings. The van der Waals surface area contributed by atoms with Crippen molar-refractivity contribution in [1.82, 2.24) is 10.2 Å². The molecule has 0 aliphatic heterocycles. The minimum atomic E-state index is 0.178. The fourth-order valence-corrected chi connectivity index (χ4v) is 3.71. The number of nitrogens with two attached hydrogens (primary N) is 1. The van der Waals surface area contributed by atoms with Crippen LogP contribution in [-0.4, -0.2) is 42.2 Å². The Balaban J connectivity index is 5.41. The van der Waals surface area contributed by atoms with E-state index in [-0.39, 0.29) is 5.54 Å². The summed E-state index contributed by atoms with van der Waals surface area (Å²) in [6.07, 6.45) is 0. The van der Waals surface area contributed by atoms with E-state index in [0.29, 0.717) is 30.5 Å². The van der Waals surface area contributed by atoms with Crippen molar-refractivity contribution in [2.45, 2.75) is 73.0 Å². The fraction of sp³-hybridized carbons (Fsp3) is 1.00. The van der Waals surface area contributed by atoms with Gasteiger partial charge in [-0.3, -0.25) is 4.90 Å². The van der Waals surface area contributed by atoms with E-state index in [1.807, 2.05) is 0 Å². The molecule has 0 fully saturated rings. The molecule has 116 valence electrons. The topological polar surface area (TPSA) is 41.3 Å². The molecule has 19 heavy (non-hydrogen) atoms. The summed E-state index contributed by atoms with van der Waals surface area (Å²) in [6, 6.07) is 1.09. The molecule has 0 spiro atoms. The second kappa shape index (κ2) is 8.23. The van der Waals surface area contributed by atoms with Crippen LogP contribution >= 0.6 is 0 Å². The van der Waals surface area contributed by atoms with E-state index in [2.05, 4.69) is 65.6 Å². The van der Waals surface area contributed by atoms with E-state index >= 15 is 0 Å². The molecular formula is C16H37N3. The van der Waals surface area contributed by atoms with Gasteiger partial charge in [-0.25, -0.2) is 0 Å². The van der Waals surface area contributed by atoms with Gasteiger partial charge in [-0.2, -0.15) is 0 Å². The monoisotopic (exact) mass is 271 g/mol. The SMILES string of the molecule is CC(C)N(C(C)C)C(CNCCN)(C(C)C)C(C)C. The van der Waals surface area contributed by atoms with Gasteiger partial charge in [-0.15, -0.1) is 0 Å². The lowest BCUT2D eigenvalue weighted by Crippen LogP contribution is -2.65. The molecule has 3 nitrogen and oxygen atoms in total. The predicted octanol–water partition coefficient (Wildman–Crippen LogP) is 2.70. The Kier molecular flexibility index (Phi) is 8.18. The highest BCUT2D eigenvalue weighted by molar-refractivity contribution is 5.00. The minimum absolute atomic E-state index is 0.178. The molecule has 0 unspecified atom stereocenters. The van der Waals surface area contributed by atoms with Crippen LogP contribution in [0.4, 0.5) is 0 Å². The average molecular weight is 271 g/mol. The van der Waals surface area contributed by atoms with E-state index < -0.39 is 0 Å². The largest absolute Gasteiger partial charge is 0.329 e. The smallest absolute Gasteiger partial charge is 0.0384 e. The van der Waals surface area contributed by atoms with Crippen molar-refractivity contribution in [3.8, 4) is 0 Å². The molecule has 0 rings (SSSR count). The third-order valence-electron chi connectivity index (χ3n) is 4.32. The zero-order chi connectivity index (χ0) is 15.2. The maximum Gasteiger partial charge on any atom is 0.0384 e. The zero-order valence-corrected chi connectivity index (χ0v) is 14.5. The molecule has 0 aliphatic rings. The van der Waals surface area contributed by atoms with Crippen molar-refractivity contribution in [2.75, 3.05) is 19.6 Å². The molecule has 0 aromatic heterocycles. The lowest BCUT2D eigenvalue weighted by molar-refractivity contribution is -0.0409. The molecule has 0 bridgehead atoms. The van der Waals surface area contributed by atoms with Gasteiger partial charge in [0.05, 0.1) is 0 Å². The first kappa shape index (κ1) is 18.9. The van der Waals surface area contributed by atoms with Crippen LogP contribution in [0.2, 0.25) is 0 Å². The second-order valence-electron chi connectivity index (χ2n) is 6.86. The van der Waals surface area contributed by atoms with E-state index in [4.69, 9.17) is 5.73 Å². The number of hydrogen-bond acceptors (Lipinski definition) is 3. The van der Waals surface area contributed by atoms with E-state index in [1.54, 1.807) is 0 Å². The molecule has 0 aliphatic carbocycles. The van der Waals surface area contributed by atoms with E-state index in [1.165, 1.54) is 0 Å². The lowest BCUT2D eigenvalue weighted by Gasteiger charge is -2.54. The quantitative estimate of drug-likeness (QED) is 0.634. The van der Waals surface area contributed by atoms with Gasteiger partial charge in [-0.1, -0.05) is 27.7 Å². The standard InChI is InChI=1S/C16H37N3/c1-12(2)16(13(3)4,11-18-10-9-17)19(14(5)6)15(7)8/h12-15,18H,9-11,17H2,1-8H3. The number of nitrogens with one attached hydrogen (secondary N) is 1. The fourth-order valence-electron chi connectivity index (χ4n) is 3.71. The zero-order valence-electron chi connectivity index (χ0n) is 14.5. The highest BCUT2D eigenvalue weighted by Gasteiger charge is 2.44. The van der Waals surface area contributed by atoms with Gasteiger partial charge >= 0.3 is 0 Å². The van der Waals surface area contributed by atoms with Crippen LogP contribution in [0.25, 0.3) is 0 Å². The average Bonchev–Trinajstić information content (AvgIpc) is 2.25. The normalized spacial score (nSPS) is 13.6. The Hall–Kier alpha value is -0.120. The molecule has 0 heterocycles. The maximum absolute atomic E-state index is 5.63. The Morgan fingerprint density at radius 3 is 1.58 bits per heavy atom. The van der Waals surface area contributed by atoms with Gasteiger partial charge < -0.3 is 11.1 Å². The van der Waals surface area contributed by atoms with Crippen LogP contribution in [-0.2, 0) is 0 Å². The maximum atomic E-state index is 5.63. The molecule has 0 saturated heterocycles. The summed E-state index contributed by atoms with van der Waals surface area (Å²) in [5, 5.41) is 3.56. The second-order valence-corrected chi connectivity index (χ2v) is 6.86. The Morgan fingerprint density at radius 1 is 0.895 bits per heavy atom. The molecule has 3 heteroatoms. The molecular weight excluding hydrogens is 234 g/mol. The van der Waals surface area contributed by atoms with Crippen molar-refractivity contribution >= 4 is 0 Å². The summed E-state index contributed by atoms with van der Waals surface area (Å²) < 4.78 is 0. The number of nitrogens with zero attached hydrogens (tertiary/aromatic N) is 1.